The first kappa shape index (κ1) is 24.5. The van der Waals surface area contributed by atoms with Crippen molar-refractivity contribution >= 4 is 10.8 Å². The van der Waals surface area contributed by atoms with Gasteiger partial charge in [0, 0.05) is 10.9 Å². The van der Waals surface area contributed by atoms with E-state index in [1.807, 2.05) is 30.3 Å². The summed E-state index contributed by atoms with van der Waals surface area (Å²) in [5.74, 6) is 7.81. The first-order valence-corrected chi connectivity index (χ1v) is 13.5. The molecule has 0 aliphatic heterocycles. The molecule has 0 radical (unpaired) electrons. The van der Waals surface area contributed by atoms with E-state index in [1.165, 1.54) is 68.9 Å². The van der Waals surface area contributed by atoms with E-state index in [2.05, 4.69) is 50.0 Å². The molecule has 3 aromatic carbocycles. The molecule has 1 aliphatic rings. The van der Waals surface area contributed by atoms with Gasteiger partial charge in [0.25, 0.3) is 0 Å². The molecule has 0 amide bonds. The molecule has 34 heavy (non-hydrogen) atoms. The van der Waals surface area contributed by atoms with Crippen LogP contribution in [-0.4, -0.2) is 0 Å². The molecule has 0 aromatic heterocycles. The molecule has 0 bridgehead atoms. The zero-order chi connectivity index (χ0) is 23.8. The average molecular weight is 455 g/mol. The zero-order valence-electron chi connectivity index (χ0n) is 21.0. The predicted octanol–water partition coefficient (Wildman–Crippen LogP) is 9.26. The van der Waals surface area contributed by atoms with Gasteiger partial charge in [-0.25, -0.2) is 4.39 Å². The highest BCUT2D eigenvalue weighted by Gasteiger charge is 2.20. The van der Waals surface area contributed by atoms with Gasteiger partial charge in [-0.1, -0.05) is 107 Å². The Kier molecular flexibility index (Phi) is 8.81. The fourth-order valence-electron chi connectivity index (χ4n) is 5.46. The van der Waals surface area contributed by atoms with Gasteiger partial charge < -0.3 is 0 Å². The van der Waals surface area contributed by atoms with E-state index >= 15 is 4.39 Å². The van der Waals surface area contributed by atoms with E-state index in [0.29, 0.717) is 10.9 Å². The molecule has 0 heterocycles. The van der Waals surface area contributed by atoms with Crippen molar-refractivity contribution in [2.75, 3.05) is 0 Å². The summed E-state index contributed by atoms with van der Waals surface area (Å²) < 4.78 is 15.2. The summed E-state index contributed by atoms with van der Waals surface area (Å²) in [5.41, 5.74) is 4.06. The molecule has 0 spiro atoms. The Morgan fingerprint density at radius 1 is 0.735 bits per heavy atom. The zero-order valence-corrected chi connectivity index (χ0v) is 21.0. The van der Waals surface area contributed by atoms with Gasteiger partial charge in [-0.2, -0.15) is 0 Å². The Hall–Kier alpha value is -2.59. The van der Waals surface area contributed by atoms with Crippen molar-refractivity contribution < 1.29 is 4.39 Å². The third-order valence-corrected chi connectivity index (χ3v) is 7.64. The Morgan fingerprint density at radius 2 is 1.44 bits per heavy atom. The number of fused-ring (bicyclic) bond motifs is 1. The SMILES string of the molecule is CCCCc1ccc(C#Cc2ccc3cc(CCC4CCC(CCC)CC4)ccc3c2F)cc1. The number of halogens is 1. The Morgan fingerprint density at radius 3 is 2.15 bits per heavy atom. The largest absolute Gasteiger partial charge is 0.205 e. The minimum Gasteiger partial charge on any atom is -0.205 e. The summed E-state index contributed by atoms with van der Waals surface area (Å²) in [6, 6.07) is 18.4. The van der Waals surface area contributed by atoms with Crippen LogP contribution in [0.5, 0.6) is 0 Å². The second-order valence-electron chi connectivity index (χ2n) is 10.2. The molecule has 178 valence electrons. The molecular formula is C33H39F. The number of aryl methyl sites for hydroxylation is 2. The summed E-state index contributed by atoms with van der Waals surface area (Å²) in [6.07, 6.45) is 14.2. The highest BCUT2D eigenvalue weighted by Crippen LogP contribution is 2.34. The summed E-state index contributed by atoms with van der Waals surface area (Å²) in [7, 11) is 0. The van der Waals surface area contributed by atoms with Crippen molar-refractivity contribution in [2.45, 2.75) is 84.5 Å². The Balaban J connectivity index is 1.39. The van der Waals surface area contributed by atoms with Gasteiger partial charge in [-0.3, -0.25) is 0 Å². The average Bonchev–Trinajstić information content (AvgIpc) is 2.87. The molecule has 3 aromatic rings. The van der Waals surface area contributed by atoms with Crippen molar-refractivity contribution in [1.82, 2.24) is 0 Å². The molecular weight excluding hydrogens is 415 g/mol. The summed E-state index contributed by atoms with van der Waals surface area (Å²) in [6.45, 7) is 4.51. The molecule has 0 nitrogen and oxygen atoms in total. The van der Waals surface area contributed by atoms with Gasteiger partial charge in [0.15, 0.2) is 0 Å². The quantitative estimate of drug-likeness (QED) is 0.297. The van der Waals surface area contributed by atoms with E-state index in [-0.39, 0.29) is 5.82 Å². The van der Waals surface area contributed by atoms with Gasteiger partial charge in [-0.15, -0.1) is 0 Å². The molecule has 1 fully saturated rings. The third-order valence-electron chi connectivity index (χ3n) is 7.64. The standard InChI is InChI=1S/C33H39F/c1-3-5-7-26-10-14-28(15-11-26)18-20-30-21-22-31-24-29(19-23-32(31)33(30)34)17-16-27-12-8-25(6-4-2)9-13-27/h10-11,14-15,19,21-25,27H,3-9,12-13,16-17H2,1-2H3. The number of benzene rings is 3. The molecule has 0 unspecified atom stereocenters. The van der Waals surface area contributed by atoms with Crippen molar-refractivity contribution in [3.63, 3.8) is 0 Å². The van der Waals surface area contributed by atoms with E-state index in [9.17, 15) is 0 Å². The smallest absolute Gasteiger partial charge is 0.146 e. The van der Waals surface area contributed by atoms with Crippen LogP contribution in [0.1, 0.15) is 93.9 Å². The van der Waals surface area contributed by atoms with Crippen LogP contribution in [-0.2, 0) is 12.8 Å². The monoisotopic (exact) mass is 454 g/mol. The van der Waals surface area contributed by atoms with Crippen LogP contribution in [0.3, 0.4) is 0 Å². The number of rotatable bonds is 8. The fourth-order valence-corrected chi connectivity index (χ4v) is 5.46. The van der Waals surface area contributed by atoms with Crippen LogP contribution < -0.4 is 0 Å². The summed E-state index contributed by atoms with van der Waals surface area (Å²) >= 11 is 0. The van der Waals surface area contributed by atoms with Gasteiger partial charge in [0.2, 0.25) is 0 Å². The lowest BCUT2D eigenvalue weighted by atomic mass is 9.78. The molecule has 0 saturated heterocycles. The number of hydrogen-bond donors (Lipinski definition) is 0. The van der Waals surface area contributed by atoms with Crippen LogP contribution in [0.2, 0.25) is 0 Å². The van der Waals surface area contributed by atoms with Crippen molar-refractivity contribution in [3.8, 4) is 11.8 Å². The predicted molar refractivity (Wildman–Crippen MR) is 144 cm³/mol. The third kappa shape index (κ3) is 6.50. The topological polar surface area (TPSA) is 0 Å². The Labute approximate surface area is 206 Å². The van der Waals surface area contributed by atoms with Crippen LogP contribution in [0.15, 0.2) is 54.6 Å². The second-order valence-corrected chi connectivity index (χ2v) is 10.2. The molecule has 1 aliphatic carbocycles. The van der Waals surface area contributed by atoms with Crippen LogP contribution in [0, 0.1) is 29.5 Å². The maximum absolute atomic E-state index is 15.2. The molecule has 1 heteroatoms. The maximum atomic E-state index is 15.2. The van der Waals surface area contributed by atoms with Crippen molar-refractivity contribution in [1.29, 1.82) is 0 Å². The first-order valence-electron chi connectivity index (χ1n) is 13.5. The lowest BCUT2D eigenvalue weighted by molar-refractivity contribution is 0.252. The van der Waals surface area contributed by atoms with Crippen molar-refractivity contribution in [2.24, 2.45) is 11.8 Å². The molecule has 0 N–H and O–H groups in total. The van der Waals surface area contributed by atoms with Crippen LogP contribution in [0.4, 0.5) is 4.39 Å². The van der Waals surface area contributed by atoms with E-state index in [1.54, 1.807) is 0 Å². The lowest BCUT2D eigenvalue weighted by Crippen LogP contribution is -2.15. The van der Waals surface area contributed by atoms with Crippen molar-refractivity contribution in [3.05, 3.63) is 82.7 Å². The van der Waals surface area contributed by atoms with Gasteiger partial charge in [0.1, 0.15) is 5.82 Å². The fraction of sp³-hybridized carbons (Fsp3) is 0.455. The highest BCUT2D eigenvalue weighted by molar-refractivity contribution is 5.85. The van der Waals surface area contributed by atoms with E-state index in [4.69, 9.17) is 0 Å². The molecule has 0 atom stereocenters. The van der Waals surface area contributed by atoms with E-state index < -0.39 is 0 Å². The maximum Gasteiger partial charge on any atom is 0.146 e. The first-order chi connectivity index (χ1) is 16.7. The summed E-state index contributed by atoms with van der Waals surface area (Å²) in [5, 5.41) is 1.65. The Bertz CT molecular complexity index is 1120. The highest BCUT2D eigenvalue weighted by atomic mass is 19.1. The number of unbranched alkanes of at least 4 members (excludes halogenated alkanes) is 1. The lowest BCUT2D eigenvalue weighted by Gasteiger charge is -2.28. The van der Waals surface area contributed by atoms with Gasteiger partial charge in [-0.05, 0) is 72.2 Å². The minimum absolute atomic E-state index is 0.203. The number of hydrogen-bond acceptors (Lipinski definition) is 0. The summed E-state index contributed by atoms with van der Waals surface area (Å²) in [4.78, 5) is 0. The van der Waals surface area contributed by atoms with Gasteiger partial charge >= 0.3 is 0 Å². The molecule has 4 rings (SSSR count). The van der Waals surface area contributed by atoms with Crippen LogP contribution in [0.25, 0.3) is 10.8 Å². The minimum atomic E-state index is -0.203. The second kappa shape index (κ2) is 12.2. The van der Waals surface area contributed by atoms with Crippen LogP contribution >= 0.6 is 0 Å². The normalized spacial score (nSPS) is 18.0. The molecule has 1 saturated carbocycles. The van der Waals surface area contributed by atoms with Gasteiger partial charge in [0.05, 0.1) is 5.56 Å². The van der Waals surface area contributed by atoms with E-state index in [0.717, 1.165) is 35.6 Å².